The molecule has 7 heteroatoms. The van der Waals surface area contributed by atoms with Gasteiger partial charge in [-0.15, -0.1) is 0 Å². The van der Waals surface area contributed by atoms with E-state index >= 15 is 0 Å². The molecule has 1 aliphatic rings. The molecule has 1 aromatic carbocycles. The first-order chi connectivity index (χ1) is 11.5. The number of rotatable bonds is 4. The van der Waals surface area contributed by atoms with Crippen molar-refractivity contribution < 1.29 is 13.6 Å². The molecule has 1 saturated heterocycles. The Kier molecular flexibility index (Phi) is 4.89. The van der Waals surface area contributed by atoms with E-state index in [0.29, 0.717) is 17.8 Å². The third-order valence-corrected chi connectivity index (χ3v) is 4.22. The lowest BCUT2D eigenvalue weighted by Gasteiger charge is -2.34. The van der Waals surface area contributed by atoms with Crippen molar-refractivity contribution in [2.75, 3.05) is 26.2 Å². The summed E-state index contributed by atoms with van der Waals surface area (Å²) in [6, 6.07) is 9.68. The molecule has 128 valence electrons. The molecule has 24 heavy (non-hydrogen) atoms. The topological polar surface area (TPSA) is 41.4 Å². The van der Waals surface area contributed by atoms with Gasteiger partial charge in [0.1, 0.15) is 5.69 Å². The minimum absolute atomic E-state index is 0.0582. The fraction of sp³-hybridized carbons (Fsp3) is 0.412. The summed E-state index contributed by atoms with van der Waals surface area (Å²) in [5, 5.41) is 3.52. The van der Waals surface area contributed by atoms with Crippen LogP contribution in [0.2, 0.25) is 0 Å². The quantitative estimate of drug-likeness (QED) is 0.863. The number of aryl methyl sites for hydroxylation is 1. The second-order valence-electron chi connectivity index (χ2n) is 6.00. The fourth-order valence-electron chi connectivity index (χ4n) is 2.98. The van der Waals surface area contributed by atoms with Crippen molar-refractivity contribution >= 4 is 5.91 Å². The Balaban J connectivity index is 1.58. The molecule has 0 atom stereocenters. The van der Waals surface area contributed by atoms with E-state index in [1.165, 1.54) is 23.4 Å². The molecule has 0 bridgehead atoms. The van der Waals surface area contributed by atoms with E-state index in [1.807, 2.05) is 6.07 Å². The predicted octanol–water partition coefficient (Wildman–Crippen LogP) is 2.54. The van der Waals surface area contributed by atoms with E-state index in [9.17, 15) is 13.6 Å². The standard InChI is InChI=1S/C17H20F2N4O/c1-13-3-2-4-14(11-13)12-21-7-9-22(10-8-21)16(24)15-5-6-20-23(15)17(18)19/h2-6,11,17H,7-10,12H2,1H3. The van der Waals surface area contributed by atoms with Crippen molar-refractivity contribution in [3.8, 4) is 0 Å². The summed E-state index contributed by atoms with van der Waals surface area (Å²) < 4.78 is 26.2. The van der Waals surface area contributed by atoms with E-state index in [1.54, 1.807) is 4.90 Å². The second kappa shape index (κ2) is 7.09. The van der Waals surface area contributed by atoms with Gasteiger partial charge in [0.2, 0.25) is 0 Å². The van der Waals surface area contributed by atoms with Gasteiger partial charge in [-0.1, -0.05) is 29.8 Å². The van der Waals surface area contributed by atoms with Crippen molar-refractivity contribution in [1.29, 1.82) is 0 Å². The van der Waals surface area contributed by atoms with Crippen molar-refractivity contribution in [3.63, 3.8) is 0 Å². The van der Waals surface area contributed by atoms with E-state index in [4.69, 9.17) is 0 Å². The van der Waals surface area contributed by atoms with Crippen LogP contribution in [0.25, 0.3) is 0 Å². The summed E-state index contributed by atoms with van der Waals surface area (Å²) in [5.41, 5.74) is 2.41. The number of nitrogens with zero attached hydrogens (tertiary/aromatic N) is 4. The smallest absolute Gasteiger partial charge is 0.333 e. The van der Waals surface area contributed by atoms with Crippen LogP contribution in [0, 0.1) is 6.92 Å². The van der Waals surface area contributed by atoms with Crippen LogP contribution in [0.4, 0.5) is 8.78 Å². The highest BCUT2D eigenvalue weighted by Crippen LogP contribution is 2.16. The van der Waals surface area contributed by atoms with E-state index < -0.39 is 6.55 Å². The van der Waals surface area contributed by atoms with Crippen molar-refractivity contribution in [3.05, 3.63) is 53.3 Å². The molecule has 1 amide bonds. The van der Waals surface area contributed by atoms with Gasteiger partial charge < -0.3 is 4.90 Å². The van der Waals surface area contributed by atoms with Gasteiger partial charge >= 0.3 is 6.55 Å². The molecule has 0 radical (unpaired) electrons. The van der Waals surface area contributed by atoms with Gasteiger partial charge in [0.25, 0.3) is 5.91 Å². The molecule has 2 aromatic rings. The fourth-order valence-corrected chi connectivity index (χ4v) is 2.98. The van der Waals surface area contributed by atoms with Crippen LogP contribution in [0.3, 0.4) is 0 Å². The van der Waals surface area contributed by atoms with Crippen LogP contribution in [0.5, 0.6) is 0 Å². The third kappa shape index (κ3) is 3.62. The Morgan fingerprint density at radius 1 is 1.21 bits per heavy atom. The Morgan fingerprint density at radius 2 is 1.96 bits per heavy atom. The molecule has 5 nitrogen and oxygen atoms in total. The van der Waals surface area contributed by atoms with Crippen LogP contribution in [0.15, 0.2) is 36.5 Å². The second-order valence-corrected chi connectivity index (χ2v) is 6.00. The van der Waals surface area contributed by atoms with Gasteiger partial charge in [-0.05, 0) is 18.6 Å². The predicted molar refractivity (Wildman–Crippen MR) is 85.8 cm³/mol. The van der Waals surface area contributed by atoms with Gasteiger partial charge in [-0.2, -0.15) is 18.6 Å². The Labute approximate surface area is 139 Å². The zero-order valence-corrected chi connectivity index (χ0v) is 13.5. The maximum atomic E-state index is 12.8. The zero-order valence-electron chi connectivity index (χ0n) is 13.5. The maximum absolute atomic E-state index is 12.8. The van der Waals surface area contributed by atoms with Crippen LogP contribution < -0.4 is 0 Å². The summed E-state index contributed by atoms with van der Waals surface area (Å²) in [6.07, 6.45) is 1.23. The zero-order chi connectivity index (χ0) is 17.1. The molecule has 0 aliphatic carbocycles. The Morgan fingerprint density at radius 3 is 2.62 bits per heavy atom. The van der Waals surface area contributed by atoms with Gasteiger partial charge in [-0.3, -0.25) is 9.69 Å². The average molecular weight is 334 g/mol. The number of hydrogen-bond acceptors (Lipinski definition) is 3. The normalized spacial score (nSPS) is 15.9. The molecule has 0 unspecified atom stereocenters. The van der Waals surface area contributed by atoms with Crippen LogP contribution in [0.1, 0.15) is 28.2 Å². The molecule has 1 aromatic heterocycles. The highest BCUT2D eigenvalue weighted by atomic mass is 19.3. The molecule has 1 aliphatic heterocycles. The molecule has 0 saturated carbocycles. The maximum Gasteiger partial charge on any atom is 0.333 e. The number of alkyl halides is 2. The molecule has 2 heterocycles. The van der Waals surface area contributed by atoms with Crippen molar-refractivity contribution in [2.24, 2.45) is 0 Å². The van der Waals surface area contributed by atoms with Crippen LogP contribution in [-0.4, -0.2) is 51.7 Å². The van der Waals surface area contributed by atoms with Gasteiger partial charge in [0, 0.05) is 38.9 Å². The number of carbonyl (C=O) groups is 1. The highest BCUT2D eigenvalue weighted by molar-refractivity contribution is 5.92. The molecular formula is C17H20F2N4O. The van der Waals surface area contributed by atoms with Crippen LogP contribution in [-0.2, 0) is 6.54 Å². The summed E-state index contributed by atoms with van der Waals surface area (Å²) in [4.78, 5) is 16.3. The first-order valence-electron chi connectivity index (χ1n) is 7.93. The first kappa shape index (κ1) is 16.6. The lowest BCUT2D eigenvalue weighted by molar-refractivity contribution is 0.0424. The van der Waals surface area contributed by atoms with Gasteiger partial charge in [0.15, 0.2) is 0 Å². The summed E-state index contributed by atoms with van der Waals surface area (Å²) >= 11 is 0. The van der Waals surface area contributed by atoms with Gasteiger partial charge in [-0.25, -0.2) is 0 Å². The highest BCUT2D eigenvalue weighted by Gasteiger charge is 2.26. The number of benzene rings is 1. The Hall–Kier alpha value is -2.28. The SMILES string of the molecule is Cc1cccc(CN2CCN(C(=O)c3ccnn3C(F)F)CC2)c1. The summed E-state index contributed by atoms with van der Waals surface area (Å²) in [7, 11) is 0. The number of hydrogen-bond donors (Lipinski definition) is 0. The lowest BCUT2D eigenvalue weighted by atomic mass is 10.1. The molecular weight excluding hydrogens is 314 g/mol. The Bertz CT molecular complexity index is 708. The van der Waals surface area contributed by atoms with E-state index in [-0.39, 0.29) is 11.6 Å². The minimum Gasteiger partial charge on any atom is -0.335 e. The number of aromatic nitrogens is 2. The van der Waals surface area contributed by atoms with Crippen molar-refractivity contribution in [2.45, 2.75) is 20.0 Å². The number of piperazine rings is 1. The van der Waals surface area contributed by atoms with Crippen LogP contribution >= 0.6 is 0 Å². The number of carbonyl (C=O) groups excluding carboxylic acids is 1. The number of amides is 1. The van der Waals surface area contributed by atoms with E-state index in [0.717, 1.165) is 19.6 Å². The molecule has 3 rings (SSSR count). The van der Waals surface area contributed by atoms with Gasteiger partial charge in [0.05, 0.1) is 0 Å². The third-order valence-electron chi connectivity index (χ3n) is 4.22. The molecule has 0 spiro atoms. The average Bonchev–Trinajstić information content (AvgIpc) is 3.05. The monoisotopic (exact) mass is 334 g/mol. The molecule has 0 N–H and O–H groups in total. The van der Waals surface area contributed by atoms with E-state index in [2.05, 4.69) is 35.1 Å². The largest absolute Gasteiger partial charge is 0.335 e. The van der Waals surface area contributed by atoms with Crippen molar-refractivity contribution in [1.82, 2.24) is 19.6 Å². The summed E-state index contributed by atoms with van der Waals surface area (Å²) in [5.74, 6) is -0.386. The number of halogens is 2. The first-order valence-corrected chi connectivity index (χ1v) is 7.93. The minimum atomic E-state index is -2.80. The molecule has 1 fully saturated rings. The lowest BCUT2D eigenvalue weighted by Crippen LogP contribution is -2.48. The summed E-state index contributed by atoms with van der Waals surface area (Å²) in [6.45, 7) is 2.59.